The molecule has 0 spiro atoms. The van der Waals surface area contributed by atoms with Crippen LogP contribution >= 0.6 is 11.6 Å². The van der Waals surface area contributed by atoms with Crippen molar-refractivity contribution < 1.29 is 8.42 Å². The smallest absolute Gasteiger partial charge is 0.262 e. The summed E-state index contributed by atoms with van der Waals surface area (Å²) in [4.78, 5) is 4.07. The van der Waals surface area contributed by atoms with E-state index in [4.69, 9.17) is 11.6 Å². The zero-order valence-corrected chi connectivity index (χ0v) is 11.5. The van der Waals surface area contributed by atoms with Crippen molar-refractivity contribution in [2.24, 2.45) is 7.05 Å². The molecule has 0 saturated carbocycles. The van der Waals surface area contributed by atoms with Crippen molar-refractivity contribution in [2.75, 3.05) is 13.1 Å². The number of imidazole rings is 1. The first kappa shape index (κ1) is 12.9. The zero-order valence-electron chi connectivity index (χ0n) is 9.93. The van der Waals surface area contributed by atoms with E-state index in [9.17, 15) is 8.42 Å². The minimum Gasteiger partial charge on any atom is -0.337 e. The molecule has 0 radical (unpaired) electrons. The summed E-state index contributed by atoms with van der Waals surface area (Å²) in [5.41, 5.74) is 0. The first-order chi connectivity index (χ1) is 7.91. The fraction of sp³-hybridized carbons (Fsp3) is 0.700. The Morgan fingerprint density at radius 2 is 2.24 bits per heavy atom. The summed E-state index contributed by atoms with van der Waals surface area (Å²) in [6.07, 6.45) is 3.22. The number of piperidine rings is 1. The van der Waals surface area contributed by atoms with Gasteiger partial charge in [0.1, 0.15) is 5.82 Å². The van der Waals surface area contributed by atoms with E-state index in [1.165, 1.54) is 4.31 Å². The average Bonchev–Trinajstić information content (AvgIpc) is 2.60. The van der Waals surface area contributed by atoms with Crippen molar-refractivity contribution in [3.63, 3.8) is 0 Å². The number of hydrogen-bond acceptors (Lipinski definition) is 3. The van der Waals surface area contributed by atoms with E-state index in [1.807, 2.05) is 0 Å². The van der Waals surface area contributed by atoms with Gasteiger partial charge in [0.2, 0.25) is 0 Å². The summed E-state index contributed by atoms with van der Waals surface area (Å²) in [5.74, 6) is 0.683. The van der Waals surface area contributed by atoms with Crippen molar-refractivity contribution in [1.82, 2.24) is 13.9 Å². The Labute approximate surface area is 106 Å². The van der Waals surface area contributed by atoms with Gasteiger partial charge in [0, 0.05) is 31.7 Å². The van der Waals surface area contributed by atoms with Crippen LogP contribution in [0.25, 0.3) is 0 Å². The standard InChI is InChI=1S/C10H16ClN3O2S/c1-8-12-10(7-13(8)2)17(15,16)14-5-3-4-9(11)6-14/h7,9H,3-6H2,1-2H3. The van der Waals surface area contributed by atoms with Crippen molar-refractivity contribution in [3.8, 4) is 0 Å². The van der Waals surface area contributed by atoms with Crippen LogP contribution in [0.2, 0.25) is 0 Å². The second-order valence-electron chi connectivity index (χ2n) is 4.34. The molecule has 2 rings (SSSR count). The average molecular weight is 278 g/mol. The lowest BCUT2D eigenvalue weighted by molar-refractivity contribution is 0.349. The largest absolute Gasteiger partial charge is 0.337 e. The second-order valence-corrected chi connectivity index (χ2v) is 6.84. The Morgan fingerprint density at radius 3 is 2.76 bits per heavy atom. The van der Waals surface area contributed by atoms with Crippen molar-refractivity contribution in [2.45, 2.75) is 30.2 Å². The molecule has 0 bridgehead atoms. The highest BCUT2D eigenvalue weighted by atomic mass is 35.5. The predicted molar refractivity (Wildman–Crippen MR) is 65.6 cm³/mol. The number of hydrogen-bond donors (Lipinski definition) is 0. The van der Waals surface area contributed by atoms with E-state index in [0.717, 1.165) is 12.8 Å². The highest BCUT2D eigenvalue weighted by Crippen LogP contribution is 2.22. The maximum absolute atomic E-state index is 12.3. The first-order valence-corrected chi connectivity index (χ1v) is 7.43. The number of alkyl halides is 1. The molecule has 1 aliphatic rings. The monoisotopic (exact) mass is 277 g/mol. The van der Waals surface area contributed by atoms with Crippen LogP contribution in [0.15, 0.2) is 11.2 Å². The van der Waals surface area contributed by atoms with Gasteiger partial charge in [0.25, 0.3) is 10.0 Å². The Hall–Kier alpha value is -0.590. The van der Waals surface area contributed by atoms with Crippen LogP contribution in [-0.2, 0) is 17.1 Å². The van der Waals surface area contributed by atoms with Crippen LogP contribution in [0.1, 0.15) is 18.7 Å². The molecule has 1 aromatic heterocycles. The minimum atomic E-state index is -3.48. The number of aromatic nitrogens is 2. The third-order valence-corrected chi connectivity index (χ3v) is 5.11. The molecule has 7 heteroatoms. The lowest BCUT2D eigenvalue weighted by Gasteiger charge is -2.28. The fourth-order valence-electron chi connectivity index (χ4n) is 1.89. The predicted octanol–water partition coefficient (Wildman–Crippen LogP) is 1.12. The van der Waals surface area contributed by atoms with Gasteiger partial charge in [-0.15, -0.1) is 11.6 Å². The molecule has 1 unspecified atom stereocenters. The van der Waals surface area contributed by atoms with Gasteiger partial charge in [0.05, 0.1) is 0 Å². The van der Waals surface area contributed by atoms with Crippen molar-refractivity contribution in [3.05, 3.63) is 12.0 Å². The van der Waals surface area contributed by atoms with Crippen molar-refractivity contribution in [1.29, 1.82) is 0 Å². The van der Waals surface area contributed by atoms with Crippen LogP contribution in [0, 0.1) is 6.92 Å². The summed E-state index contributed by atoms with van der Waals surface area (Å²) in [5, 5.41) is 0.0200. The quantitative estimate of drug-likeness (QED) is 0.761. The molecule has 17 heavy (non-hydrogen) atoms. The zero-order chi connectivity index (χ0) is 12.6. The van der Waals surface area contributed by atoms with Gasteiger partial charge in [-0.25, -0.2) is 13.4 Å². The van der Waals surface area contributed by atoms with Gasteiger partial charge < -0.3 is 4.57 Å². The van der Waals surface area contributed by atoms with Crippen molar-refractivity contribution >= 4 is 21.6 Å². The molecule has 0 N–H and O–H groups in total. The Morgan fingerprint density at radius 1 is 1.53 bits per heavy atom. The van der Waals surface area contributed by atoms with Crippen LogP contribution in [0.4, 0.5) is 0 Å². The summed E-state index contributed by atoms with van der Waals surface area (Å²) >= 11 is 6.01. The third kappa shape index (κ3) is 2.48. The number of rotatable bonds is 2. The van der Waals surface area contributed by atoms with Gasteiger partial charge >= 0.3 is 0 Å². The fourth-order valence-corrected chi connectivity index (χ4v) is 3.85. The molecule has 1 saturated heterocycles. The highest BCUT2D eigenvalue weighted by Gasteiger charge is 2.31. The van der Waals surface area contributed by atoms with E-state index in [2.05, 4.69) is 4.98 Å². The number of halogens is 1. The van der Waals surface area contributed by atoms with E-state index < -0.39 is 10.0 Å². The SMILES string of the molecule is Cc1nc(S(=O)(=O)N2CCCC(Cl)C2)cn1C. The molecule has 96 valence electrons. The van der Waals surface area contributed by atoms with Crippen LogP contribution in [-0.4, -0.2) is 40.7 Å². The molecule has 1 aromatic rings. The summed E-state index contributed by atoms with van der Waals surface area (Å²) in [6.45, 7) is 2.68. The van der Waals surface area contributed by atoms with E-state index in [1.54, 1.807) is 24.7 Å². The van der Waals surface area contributed by atoms with Gasteiger partial charge in [0.15, 0.2) is 5.03 Å². The van der Waals surface area contributed by atoms with E-state index in [-0.39, 0.29) is 10.4 Å². The highest BCUT2D eigenvalue weighted by molar-refractivity contribution is 7.89. The molecular weight excluding hydrogens is 262 g/mol. The second kappa shape index (κ2) is 4.59. The molecular formula is C10H16ClN3O2S. The molecule has 2 heterocycles. The summed E-state index contributed by atoms with van der Waals surface area (Å²) in [7, 11) is -1.70. The lowest BCUT2D eigenvalue weighted by atomic mass is 10.2. The number of nitrogens with zero attached hydrogens (tertiary/aromatic N) is 3. The lowest BCUT2D eigenvalue weighted by Crippen LogP contribution is -2.40. The maximum Gasteiger partial charge on any atom is 0.262 e. The molecule has 0 aromatic carbocycles. The molecule has 0 aliphatic carbocycles. The van der Waals surface area contributed by atoms with Crippen LogP contribution in [0.5, 0.6) is 0 Å². The van der Waals surface area contributed by atoms with E-state index >= 15 is 0 Å². The van der Waals surface area contributed by atoms with Crippen LogP contribution in [0.3, 0.4) is 0 Å². The van der Waals surface area contributed by atoms with Gasteiger partial charge in [-0.1, -0.05) is 0 Å². The Kier molecular flexibility index (Phi) is 3.47. The normalized spacial score (nSPS) is 22.9. The van der Waals surface area contributed by atoms with Gasteiger partial charge in [-0.05, 0) is 19.8 Å². The first-order valence-electron chi connectivity index (χ1n) is 5.55. The summed E-state index contributed by atoms with van der Waals surface area (Å²) in [6, 6.07) is 0. The Balaban J connectivity index is 2.29. The molecule has 1 atom stereocenters. The molecule has 1 fully saturated rings. The van der Waals surface area contributed by atoms with Gasteiger partial charge in [-0.3, -0.25) is 0 Å². The Bertz CT molecular complexity index is 492. The third-order valence-electron chi connectivity index (χ3n) is 3.02. The molecule has 1 aliphatic heterocycles. The number of aryl methyl sites for hydroxylation is 2. The maximum atomic E-state index is 12.3. The minimum absolute atomic E-state index is 0.0941. The molecule has 0 amide bonds. The topological polar surface area (TPSA) is 55.2 Å². The molecule has 5 nitrogen and oxygen atoms in total. The van der Waals surface area contributed by atoms with Gasteiger partial charge in [-0.2, -0.15) is 4.31 Å². The van der Waals surface area contributed by atoms with E-state index in [0.29, 0.717) is 18.9 Å². The van der Waals surface area contributed by atoms with Crippen LogP contribution < -0.4 is 0 Å². The summed E-state index contributed by atoms with van der Waals surface area (Å²) < 4.78 is 27.7. The number of sulfonamides is 1.